The van der Waals surface area contributed by atoms with Gasteiger partial charge < -0.3 is 10.1 Å². The lowest BCUT2D eigenvalue weighted by Gasteiger charge is -2.34. The van der Waals surface area contributed by atoms with E-state index in [4.69, 9.17) is 4.74 Å². The molecule has 2 aliphatic rings. The van der Waals surface area contributed by atoms with Crippen LogP contribution >= 0.6 is 0 Å². The van der Waals surface area contributed by atoms with Crippen molar-refractivity contribution in [2.75, 3.05) is 19.7 Å². The summed E-state index contributed by atoms with van der Waals surface area (Å²) in [4.78, 5) is 63.8. The summed E-state index contributed by atoms with van der Waals surface area (Å²) in [6, 6.07) is 1.94. The summed E-state index contributed by atoms with van der Waals surface area (Å²) >= 11 is 0. The number of esters is 1. The maximum Gasteiger partial charge on any atom is 0.322 e. The van der Waals surface area contributed by atoms with Crippen molar-refractivity contribution in [2.24, 2.45) is 0 Å². The number of halogens is 1. The highest BCUT2D eigenvalue weighted by Gasteiger charge is 2.47. The van der Waals surface area contributed by atoms with E-state index in [9.17, 15) is 28.4 Å². The second kappa shape index (κ2) is 8.70. The molecular weight excluding hydrogens is 397 g/mol. The summed E-state index contributed by atoms with van der Waals surface area (Å²) in [7, 11) is 0. The summed E-state index contributed by atoms with van der Waals surface area (Å²) in [5.74, 6) is -4.28. The smallest absolute Gasteiger partial charge is 0.322 e. The molecule has 2 aliphatic heterocycles. The van der Waals surface area contributed by atoms with Gasteiger partial charge in [-0.25, -0.2) is 4.39 Å². The van der Waals surface area contributed by atoms with Crippen molar-refractivity contribution < 1.29 is 33.1 Å². The fourth-order valence-electron chi connectivity index (χ4n) is 3.59. The predicted octanol–water partition coefficient (Wildman–Crippen LogP) is 0.481. The number of imide groups is 2. The Morgan fingerprint density at radius 2 is 2.00 bits per heavy atom. The number of carbonyl (C=O) groups excluding carboxylic acids is 5. The molecule has 4 amide bonds. The number of rotatable bonds is 7. The highest BCUT2D eigenvalue weighted by molar-refractivity contribution is 6.23. The van der Waals surface area contributed by atoms with Crippen molar-refractivity contribution in [3.63, 3.8) is 0 Å². The van der Waals surface area contributed by atoms with E-state index in [0.29, 0.717) is 6.54 Å². The van der Waals surface area contributed by atoms with Crippen LogP contribution in [0.3, 0.4) is 0 Å². The van der Waals surface area contributed by atoms with E-state index < -0.39 is 47.5 Å². The summed E-state index contributed by atoms with van der Waals surface area (Å²) in [6.07, 6.45) is -0.119. The Morgan fingerprint density at radius 3 is 2.67 bits per heavy atom. The van der Waals surface area contributed by atoms with Gasteiger partial charge in [0.2, 0.25) is 5.91 Å². The van der Waals surface area contributed by atoms with Gasteiger partial charge in [-0.1, -0.05) is 13.0 Å². The lowest BCUT2D eigenvalue weighted by atomic mass is 10.0. The molecule has 2 atom stereocenters. The average molecular weight is 419 g/mol. The number of fused-ring (bicyclic) bond motifs is 1. The molecule has 1 aromatic rings. The minimum absolute atomic E-state index is 0.0432. The molecule has 1 fully saturated rings. The first-order valence-corrected chi connectivity index (χ1v) is 9.68. The first kappa shape index (κ1) is 21.6. The molecule has 1 saturated heterocycles. The number of nitrogens with one attached hydrogen (secondary N) is 1. The second-order valence-electron chi connectivity index (χ2n) is 7.03. The van der Waals surface area contributed by atoms with Crippen LogP contribution in [-0.4, -0.2) is 71.2 Å². The van der Waals surface area contributed by atoms with Crippen molar-refractivity contribution in [2.45, 2.75) is 38.8 Å². The Morgan fingerprint density at radius 1 is 1.27 bits per heavy atom. The van der Waals surface area contributed by atoms with Gasteiger partial charge in [-0.3, -0.25) is 33.8 Å². The van der Waals surface area contributed by atoms with Crippen LogP contribution in [0.25, 0.3) is 0 Å². The number of likely N-dealkylation sites (N-methyl/N-ethyl adjacent to an activating group) is 1. The minimum Gasteiger partial charge on any atom is -0.463 e. The van der Waals surface area contributed by atoms with Gasteiger partial charge in [0.1, 0.15) is 24.5 Å². The highest BCUT2D eigenvalue weighted by atomic mass is 19.1. The minimum atomic E-state index is -1.22. The molecule has 160 valence electrons. The van der Waals surface area contributed by atoms with E-state index in [0.717, 1.165) is 15.9 Å². The molecule has 2 heterocycles. The molecule has 3 rings (SSSR count). The standard InChI is InChI=1S/C20H22FN3O6/c1-3-22-11(2)20(29)30-10-9-23-15(25)8-7-14(18(23)27)24-17(26)12-5-4-6-13(21)16(12)19(24)28/h4-6,11,14,22H,3,7-10H2,1-2H3/t11-,14?/m0/s1. The van der Waals surface area contributed by atoms with Crippen LogP contribution in [0.5, 0.6) is 0 Å². The van der Waals surface area contributed by atoms with Gasteiger partial charge >= 0.3 is 5.97 Å². The van der Waals surface area contributed by atoms with Gasteiger partial charge in [0, 0.05) is 6.42 Å². The molecule has 0 aromatic heterocycles. The summed E-state index contributed by atoms with van der Waals surface area (Å²) in [6.45, 7) is 3.62. The number of likely N-dealkylation sites (tertiary alicyclic amines) is 1. The van der Waals surface area contributed by atoms with Gasteiger partial charge in [0.15, 0.2) is 0 Å². The second-order valence-corrected chi connectivity index (χ2v) is 7.03. The van der Waals surface area contributed by atoms with Crippen LogP contribution in [0.4, 0.5) is 4.39 Å². The van der Waals surface area contributed by atoms with Crippen LogP contribution in [0.15, 0.2) is 18.2 Å². The number of hydrogen-bond donors (Lipinski definition) is 1. The Bertz CT molecular complexity index is 918. The van der Waals surface area contributed by atoms with E-state index in [-0.39, 0.29) is 37.1 Å². The maximum absolute atomic E-state index is 14.1. The number of ether oxygens (including phenoxy) is 1. The molecular formula is C20H22FN3O6. The molecule has 0 spiro atoms. The van der Waals surface area contributed by atoms with Crippen LogP contribution in [-0.2, 0) is 19.1 Å². The maximum atomic E-state index is 14.1. The lowest BCUT2D eigenvalue weighted by molar-refractivity contribution is -0.156. The lowest BCUT2D eigenvalue weighted by Crippen LogP contribution is -2.56. The van der Waals surface area contributed by atoms with Crippen LogP contribution < -0.4 is 5.32 Å². The fraction of sp³-hybridized carbons (Fsp3) is 0.450. The highest BCUT2D eigenvalue weighted by Crippen LogP contribution is 2.30. The summed E-state index contributed by atoms with van der Waals surface area (Å²) in [5, 5.41) is 2.88. The van der Waals surface area contributed by atoms with Crippen LogP contribution in [0.2, 0.25) is 0 Å². The zero-order chi connectivity index (χ0) is 22.0. The molecule has 1 N–H and O–H groups in total. The number of amides is 4. The Hall–Kier alpha value is -3.14. The molecule has 0 saturated carbocycles. The molecule has 9 nitrogen and oxygen atoms in total. The fourth-order valence-corrected chi connectivity index (χ4v) is 3.59. The average Bonchev–Trinajstić information content (AvgIpc) is 2.96. The Balaban J connectivity index is 1.70. The molecule has 0 bridgehead atoms. The van der Waals surface area contributed by atoms with E-state index in [1.807, 2.05) is 6.92 Å². The van der Waals surface area contributed by atoms with Gasteiger partial charge in [0.25, 0.3) is 17.7 Å². The summed E-state index contributed by atoms with van der Waals surface area (Å²) < 4.78 is 19.1. The van der Waals surface area contributed by atoms with Crippen LogP contribution in [0, 0.1) is 5.82 Å². The third-order valence-corrected chi connectivity index (χ3v) is 5.11. The zero-order valence-electron chi connectivity index (χ0n) is 16.6. The molecule has 0 radical (unpaired) electrons. The quantitative estimate of drug-likeness (QED) is 0.505. The molecule has 0 aliphatic carbocycles. The summed E-state index contributed by atoms with van der Waals surface area (Å²) in [5.41, 5.74) is -0.479. The number of nitrogens with zero attached hydrogens (tertiary/aromatic N) is 2. The number of hydrogen-bond acceptors (Lipinski definition) is 7. The normalized spacial score (nSPS) is 19.9. The van der Waals surface area contributed by atoms with Gasteiger partial charge in [-0.2, -0.15) is 0 Å². The van der Waals surface area contributed by atoms with E-state index in [1.54, 1.807) is 6.92 Å². The van der Waals surface area contributed by atoms with Crippen molar-refractivity contribution in [1.29, 1.82) is 0 Å². The van der Waals surface area contributed by atoms with Crippen molar-refractivity contribution in [3.8, 4) is 0 Å². The van der Waals surface area contributed by atoms with Crippen molar-refractivity contribution >= 4 is 29.6 Å². The van der Waals surface area contributed by atoms with Crippen molar-refractivity contribution in [1.82, 2.24) is 15.1 Å². The largest absolute Gasteiger partial charge is 0.463 e. The van der Waals surface area contributed by atoms with Crippen LogP contribution in [0.1, 0.15) is 47.4 Å². The molecule has 30 heavy (non-hydrogen) atoms. The third-order valence-electron chi connectivity index (χ3n) is 5.11. The van der Waals surface area contributed by atoms with Gasteiger partial charge in [0.05, 0.1) is 17.7 Å². The number of piperidine rings is 1. The Labute approximate surface area is 172 Å². The predicted molar refractivity (Wildman–Crippen MR) is 101 cm³/mol. The van der Waals surface area contributed by atoms with E-state index >= 15 is 0 Å². The van der Waals surface area contributed by atoms with Gasteiger partial charge in [-0.05, 0) is 32.0 Å². The molecule has 1 unspecified atom stereocenters. The third kappa shape index (κ3) is 3.82. The van der Waals surface area contributed by atoms with Crippen molar-refractivity contribution in [3.05, 3.63) is 35.1 Å². The first-order valence-electron chi connectivity index (χ1n) is 9.68. The zero-order valence-corrected chi connectivity index (χ0v) is 16.6. The van der Waals surface area contributed by atoms with E-state index in [1.165, 1.54) is 12.1 Å². The molecule has 1 aromatic carbocycles. The SMILES string of the molecule is CCN[C@@H](C)C(=O)OCCN1C(=O)CCC(N2C(=O)c3cccc(F)c3C2=O)C1=O. The monoisotopic (exact) mass is 419 g/mol. The van der Waals surface area contributed by atoms with E-state index in [2.05, 4.69) is 5.32 Å². The van der Waals surface area contributed by atoms with Gasteiger partial charge in [-0.15, -0.1) is 0 Å². The number of carbonyl (C=O) groups is 5. The Kier molecular flexibility index (Phi) is 6.25. The topological polar surface area (TPSA) is 113 Å². The number of benzene rings is 1. The first-order chi connectivity index (χ1) is 14.3. The molecule has 10 heteroatoms.